The number of benzene rings is 1. The van der Waals surface area contributed by atoms with E-state index in [9.17, 15) is 9.59 Å². The maximum atomic E-state index is 13.3. The van der Waals surface area contributed by atoms with Gasteiger partial charge in [-0.1, -0.05) is 25.0 Å². The number of aromatic nitrogens is 1. The van der Waals surface area contributed by atoms with Gasteiger partial charge in [-0.15, -0.1) is 0 Å². The van der Waals surface area contributed by atoms with Crippen LogP contribution in [-0.2, 0) is 4.79 Å². The SMILES string of the molecule is COc1ccc(/C=C(\C(=O)N2CCCCCC2)n2ccccc2=O)cc1OC. The number of hydrogen-bond acceptors (Lipinski definition) is 4. The number of carbonyl (C=O) groups is 1. The van der Waals surface area contributed by atoms with Crippen LogP contribution in [0.25, 0.3) is 11.8 Å². The van der Waals surface area contributed by atoms with Crippen molar-refractivity contribution in [3.8, 4) is 11.5 Å². The molecule has 1 fully saturated rings. The number of nitrogens with zero attached hydrogens (tertiary/aromatic N) is 2. The average molecular weight is 382 g/mol. The van der Waals surface area contributed by atoms with Crippen molar-refractivity contribution in [2.24, 2.45) is 0 Å². The molecule has 0 radical (unpaired) electrons. The first-order valence-electron chi connectivity index (χ1n) is 9.55. The lowest BCUT2D eigenvalue weighted by Gasteiger charge is -2.22. The Labute approximate surface area is 165 Å². The van der Waals surface area contributed by atoms with Crippen LogP contribution in [0.5, 0.6) is 11.5 Å². The Morgan fingerprint density at radius 3 is 2.32 bits per heavy atom. The molecule has 0 saturated carbocycles. The van der Waals surface area contributed by atoms with Gasteiger partial charge in [0.2, 0.25) is 0 Å². The molecule has 6 nitrogen and oxygen atoms in total. The minimum atomic E-state index is -0.239. The zero-order valence-electron chi connectivity index (χ0n) is 16.4. The van der Waals surface area contributed by atoms with Crippen LogP contribution < -0.4 is 15.0 Å². The Hall–Kier alpha value is -3.02. The molecule has 1 saturated heterocycles. The summed E-state index contributed by atoms with van der Waals surface area (Å²) in [6.07, 6.45) is 7.59. The van der Waals surface area contributed by atoms with Gasteiger partial charge in [0.1, 0.15) is 5.70 Å². The molecule has 0 aliphatic carbocycles. The second-order valence-corrected chi connectivity index (χ2v) is 6.76. The van der Waals surface area contributed by atoms with E-state index in [-0.39, 0.29) is 11.5 Å². The first-order chi connectivity index (χ1) is 13.6. The molecular weight excluding hydrogens is 356 g/mol. The normalized spacial score (nSPS) is 15.1. The van der Waals surface area contributed by atoms with Crippen molar-refractivity contribution in [2.75, 3.05) is 27.3 Å². The van der Waals surface area contributed by atoms with Crippen molar-refractivity contribution in [2.45, 2.75) is 25.7 Å². The summed E-state index contributed by atoms with van der Waals surface area (Å²) >= 11 is 0. The fourth-order valence-corrected chi connectivity index (χ4v) is 3.40. The number of ether oxygens (including phenoxy) is 2. The first-order valence-corrected chi connectivity index (χ1v) is 9.55. The molecule has 0 unspecified atom stereocenters. The Kier molecular flexibility index (Phi) is 6.53. The van der Waals surface area contributed by atoms with Gasteiger partial charge in [0.15, 0.2) is 11.5 Å². The molecule has 1 amide bonds. The van der Waals surface area contributed by atoms with Crippen molar-refractivity contribution < 1.29 is 14.3 Å². The summed E-state index contributed by atoms with van der Waals surface area (Å²) in [6, 6.07) is 10.3. The van der Waals surface area contributed by atoms with Crippen molar-refractivity contribution >= 4 is 17.7 Å². The molecule has 2 heterocycles. The smallest absolute Gasteiger partial charge is 0.270 e. The number of methoxy groups -OCH3 is 2. The highest BCUT2D eigenvalue weighted by molar-refractivity contribution is 6.18. The van der Waals surface area contributed by atoms with Gasteiger partial charge in [0.05, 0.1) is 14.2 Å². The van der Waals surface area contributed by atoms with Crippen molar-refractivity contribution in [3.05, 3.63) is 58.5 Å². The lowest BCUT2D eigenvalue weighted by Crippen LogP contribution is -2.36. The standard InChI is InChI=1S/C22H26N2O4/c1-27-19-11-10-17(16-20(19)28-2)15-18(24-14-8-5-9-21(24)25)22(26)23-12-6-3-4-7-13-23/h5,8-11,14-16H,3-4,6-7,12-13H2,1-2H3/b18-15+. The summed E-state index contributed by atoms with van der Waals surface area (Å²) in [4.78, 5) is 27.6. The highest BCUT2D eigenvalue weighted by Gasteiger charge is 2.21. The fraction of sp³-hybridized carbons (Fsp3) is 0.364. The molecule has 1 aliphatic rings. The highest BCUT2D eigenvalue weighted by atomic mass is 16.5. The minimum Gasteiger partial charge on any atom is -0.493 e. The summed E-state index contributed by atoms with van der Waals surface area (Å²) in [5, 5.41) is 0. The van der Waals surface area contributed by atoms with E-state index in [1.54, 1.807) is 50.8 Å². The predicted molar refractivity (Wildman–Crippen MR) is 109 cm³/mol. The lowest BCUT2D eigenvalue weighted by molar-refractivity contribution is -0.125. The van der Waals surface area contributed by atoms with Crippen LogP contribution in [0.15, 0.2) is 47.4 Å². The van der Waals surface area contributed by atoms with E-state index in [4.69, 9.17) is 9.47 Å². The maximum Gasteiger partial charge on any atom is 0.270 e. The molecule has 3 rings (SSSR count). The fourth-order valence-electron chi connectivity index (χ4n) is 3.40. The van der Waals surface area contributed by atoms with Crippen LogP contribution in [0.1, 0.15) is 31.2 Å². The van der Waals surface area contributed by atoms with E-state index in [0.717, 1.165) is 31.2 Å². The van der Waals surface area contributed by atoms with E-state index in [1.165, 1.54) is 10.6 Å². The number of hydrogen-bond donors (Lipinski definition) is 0. The van der Waals surface area contributed by atoms with Crippen molar-refractivity contribution in [1.82, 2.24) is 9.47 Å². The quantitative estimate of drug-likeness (QED) is 0.745. The molecule has 1 aromatic heterocycles. The van der Waals surface area contributed by atoms with Gasteiger partial charge in [0, 0.05) is 25.4 Å². The van der Waals surface area contributed by atoms with Crippen LogP contribution in [0, 0.1) is 0 Å². The van der Waals surface area contributed by atoms with Gasteiger partial charge in [-0.05, 0) is 42.7 Å². The zero-order chi connectivity index (χ0) is 19.9. The average Bonchev–Trinajstić information content (AvgIpc) is 3.01. The lowest BCUT2D eigenvalue weighted by atomic mass is 10.1. The van der Waals surface area contributed by atoms with Crippen molar-refractivity contribution in [1.29, 1.82) is 0 Å². The molecule has 28 heavy (non-hydrogen) atoms. The summed E-state index contributed by atoms with van der Waals surface area (Å²) in [5.41, 5.74) is 0.851. The van der Waals surface area contributed by atoms with Gasteiger partial charge < -0.3 is 14.4 Å². The predicted octanol–water partition coefficient (Wildman–Crippen LogP) is 3.27. The molecule has 1 aromatic carbocycles. The van der Waals surface area contributed by atoms with E-state index >= 15 is 0 Å². The van der Waals surface area contributed by atoms with E-state index in [2.05, 4.69) is 0 Å². The molecule has 0 atom stereocenters. The Bertz CT molecular complexity index is 909. The minimum absolute atomic E-state index is 0.134. The van der Waals surface area contributed by atoms with Gasteiger partial charge >= 0.3 is 0 Å². The number of amides is 1. The Balaban J connectivity index is 2.06. The monoisotopic (exact) mass is 382 g/mol. The van der Waals surface area contributed by atoms with Crippen LogP contribution in [-0.4, -0.2) is 42.7 Å². The van der Waals surface area contributed by atoms with Crippen LogP contribution in [0.2, 0.25) is 0 Å². The second kappa shape index (κ2) is 9.26. The van der Waals surface area contributed by atoms with Crippen molar-refractivity contribution in [3.63, 3.8) is 0 Å². The van der Waals surface area contributed by atoms with Gasteiger partial charge in [-0.3, -0.25) is 14.2 Å². The third kappa shape index (κ3) is 4.44. The molecule has 148 valence electrons. The topological polar surface area (TPSA) is 60.8 Å². The molecule has 0 N–H and O–H groups in total. The molecule has 0 bridgehead atoms. The van der Waals surface area contributed by atoms with E-state index < -0.39 is 0 Å². The molecule has 2 aromatic rings. The van der Waals surface area contributed by atoms with Gasteiger partial charge in [-0.25, -0.2) is 0 Å². The highest BCUT2D eigenvalue weighted by Crippen LogP contribution is 2.29. The summed E-state index contributed by atoms with van der Waals surface area (Å²) in [6.45, 7) is 1.42. The van der Waals surface area contributed by atoms with Crippen LogP contribution >= 0.6 is 0 Å². The zero-order valence-corrected chi connectivity index (χ0v) is 16.4. The number of carbonyl (C=O) groups excluding carboxylic acids is 1. The van der Waals surface area contributed by atoms with Crippen LogP contribution in [0.4, 0.5) is 0 Å². The van der Waals surface area contributed by atoms with Crippen LogP contribution in [0.3, 0.4) is 0 Å². The molecular formula is C22H26N2O4. The first kappa shape index (κ1) is 19.7. The largest absolute Gasteiger partial charge is 0.493 e. The number of rotatable bonds is 5. The number of likely N-dealkylation sites (tertiary alicyclic amines) is 1. The summed E-state index contributed by atoms with van der Waals surface area (Å²) in [7, 11) is 3.14. The molecule has 0 spiro atoms. The summed E-state index contributed by atoms with van der Waals surface area (Å²) in [5.74, 6) is 1.04. The third-order valence-electron chi connectivity index (χ3n) is 4.91. The third-order valence-corrected chi connectivity index (χ3v) is 4.91. The Morgan fingerprint density at radius 2 is 1.68 bits per heavy atom. The van der Waals surface area contributed by atoms with E-state index in [1.807, 2.05) is 11.0 Å². The maximum absolute atomic E-state index is 13.3. The van der Waals surface area contributed by atoms with Gasteiger partial charge in [0.25, 0.3) is 11.5 Å². The van der Waals surface area contributed by atoms with E-state index in [0.29, 0.717) is 30.3 Å². The number of pyridine rings is 1. The van der Waals surface area contributed by atoms with Gasteiger partial charge in [-0.2, -0.15) is 0 Å². The molecule has 6 heteroatoms. The molecule has 1 aliphatic heterocycles. The Morgan fingerprint density at radius 1 is 0.964 bits per heavy atom. The second-order valence-electron chi connectivity index (χ2n) is 6.76. The summed E-state index contributed by atoms with van der Waals surface area (Å²) < 4.78 is 12.1.